The molecule has 0 spiro atoms. The predicted molar refractivity (Wildman–Crippen MR) is 82.6 cm³/mol. The summed E-state index contributed by atoms with van der Waals surface area (Å²) in [6.45, 7) is 1.60. The predicted octanol–water partition coefficient (Wildman–Crippen LogP) is 3.19. The van der Waals surface area contributed by atoms with Crippen LogP contribution < -0.4 is 10.0 Å². The van der Waals surface area contributed by atoms with Gasteiger partial charge in [0.1, 0.15) is 5.82 Å². The van der Waals surface area contributed by atoms with Crippen molar-refractivity contribution in [2.75, 3.05) is 17.1 Å². The molecule has 21 heavy (non-hydrogen) atoms. The molecule has 0 saturated carbocycles. The smallest absolute Gasteiger partial charge is 0.264 e. The van der Waals surface area contributed by atoms with Crippen molar-refractivity contribution in [3.63, 3.8) is 0 Å². The molecule has 112 valence electrons. The summed E-state index contributed by atoms with van der Waals surface area (Å²) in [6, 6.07) is 8.14. The standard InChI is InChI=1S/C14H14ClFN2O2S/c1-9-13(17)6-10(15)7-14(9)21(19,20)18(2)12-5-3-4-11(16)8-12/h3-8H,17H2,1-2H3. The first-order valence-corrected chi connectivity index (χ1v) is 7.85. The lowest BCUT2D eigenvalue weighted by Crippen LogP contribution is -2.27. The lowest BCUT2D eigenvalue weighted by atomic mass is 10.2. The summed E-state index contributed by atoms with van der Waals surface area (Å²) < 4.78 is 39.6. The maximum absolute atomic E-state index is 13.3. The Morgan fingerprint density at radius 2 is 1.90 bits per heavy atom. The van der Waals surface area contributed by atoms with Gasteiger partial charge in [0.2, 0.25) is 0 Å². The summed E-state index contributed by atoms with van der Waals surface area (Å²) >= 11 is 5.88. The Balaban J connectivity index is 2.57. The molecule has 0 amide bonds. The summed E-state index contributed by atoms with van der Waals surface area (Å²) in [5.41, 5.74) is 6.66. The van der Waals surface area contributed by atoms with E-state index in [-0.39, 0.29) is 21.3 Å². The van der Waals surface area contributed by atoms with Gasteiger partial charge >= 0.3 is 0 Å². The van der Waals surface area contributed by atoms with Crippen LogP contribution in [-0.2, 0) is 10.0 Å². The number of hydrogen-bond acceptors (Lipinski definition) is 3. The quantitative estimate of drug-likeness (QED) is 0.880. The van der Waals surface area contributed by atoms with Crippen LogP contribution in [0.3, 0.4) is 0 Å². The van der Waals surface area contributed by atoms with Gasteiger partial charge in [0.15, 0.2) is 0 Å². The number of hydrogen-bond donors (Lipinski definition) is 1. The molecule has 0 unspecified atom stereocenters. The van der Waals surface area contributed by atoms with Gasteiger partial charge < -0.3 is 5.73 Å². The highest BCUT2D eigenvalue weighted by molar-refractivity contribution is 7.92. The first kappa shape index (κ1) is 15.6. The van der Waals surface area contributed by atoms with Crippen molar-refractivity contribution in [2.24, 2.45) is 0 Å². The summed E-state index contributed by atoms with van der Waals surface area (Å²) in [6.07, 6.45) is 0. The second-order valence-electron chi connectivity index (χ2n) is 4.57. The monoisotopic (exact) mass is 328 g/mol. The molecule has 4 nitrogen and oxygen atoms in total. The second-order valence-corrected chi connectivity index (χ2v) is 6.94. The fourth-order valence-electron chi connectivity index (χ4n) is 1.90. The number of sulfonamides is 1. The molecule has 0 atom stereocenters. The number of halogens is 2. The van der Waals surface area contributed by atoms with E-state index in [9.17, 15) is 12.8 Å². The Morgan fingerprint density at radius 3 is 2.52 bits per heavy atom. The zero-order valence-electron chi connectivity index (χ0n) is 11.5. The van der Waals surface area contributed by atoms with Crippen molar-refractivity contribution in [1.29, 1.82) is 0 Å². The molecule has 0 aliphatic heterocycles. The van der Waals surface area contributed by atoms with Crippen molar-refractivity contribution < 1.29 is 12.8 Å². The normalized spacial score (nSPS) is 11.4. The topological polar surface area (TPSA) is 63.4 Å². The highest BCUT2D eigenvalue weighted by Crippen LogP contribution is 2.30. The molecule has 7 heteroatoms. The van der Waals surface area contributed by atoms with Crippen molar-refractivity contribution in [2.45, 2.75) is 11.8 Å². The molecule has 0 bridgehead atoms. The molecule has 0 heterocycles. The fraction of sp³-hybridized carbons (Fsp3) is 0.143. The molecule has 2 aromatic rings. The Labute approximate surface area is 128 Å². The highest BCUT2D eigenvalue weighted by Gasteiger charge is 2.25. The lowest BCUT2D eigenvalue weighted by molar-refractivity contribution is 0.593. The molecule has 0 aliphatic rings. The highest BCUT2D eigenvalue weighted by atomic mass is 35.5. The summed E-state index contributed by atoms with van der Waals surface area (Å²) in [5.74, 6) is -0.517. The Bertz CT molecular complexity index is 794. The van der Waals surface area contributed by atoms with Crippen LogP contribution in [-0.4, -0.2) is 15.5 Å². The van der Waals surface area contributed by atoms with Crippen LogP contribution in [0.15, 0.2) is 41.3 Å². The minimum atomic E-state index is -3.88. The van der Waals surface area contributed by atoms with Gasteiger partial charge in [-0.1, -0.05) is 17.7 Å². The molecule has 2 rings (SSSR count). The molecule has 0 saturated heterocycles. The first-order valence-electron chi connectivity index (χ1n) is 6.03. The van der Waals surface area contributed by atoms with E-state index in [4.69, 9.17) is 17.3 Å². The molecule has 2 N–H and O–H groups in total. The number of nitrogens with two attached hydrogens (primary N) is 1. The van der Waals surface area contributed by atoms with Crippen molar-refractivity contribution >= 4 is 33.0 Å². The van der Waals surface area contributed by atoms with E-state index in [2.05, 4.69) is 0 Å². The van der Waals surface area contributed by atoms with Gasteiger partial charge in [0.05, 0.1) is 10.6 Å². The SMILES string of the molecule is Cc1c(N)cc(Cl)cc1S(=O)(=O)N(C)c1cccc(F)c1. The molecule has 0 aliphatic carbocycles. The van der Waals surface area contributed by atoms with Crippen LogP contribution in [0.4, 0.5) is 15.8 Å². The van der Waals surface area contributed by atoms with Crippen molar-refractivity contribution in [1.82, 2.24) is 0 Å². The maximum Gasteiger partial charge on any atom is 0.264 e. The number of nitrogen functional groups attached to an aromatic ring is 1. The summed E-state index contributed by atoms with van der Waals surface area (Å²) in [5, 5.41) is 0.226. The number of nitrogens with zero attached hydrogens (tertiary/aromatic N) is 1. The average Bonchev–Trinajstić information content (AvgIpc) is 2.41. The zero-order valence-corrected chi connectivity index (χ0v) is 13.0. The van der Waals surface area contributed by atoms with E-state index in [0.717, 1.165) is 10.4 Å². The van der Waals surface area contributed by atoms with E-state index in [1.807, 2.05) is 0 Å². The van der Waals surface area contributed by atoms with Gasteiger partial charge in [-0.15, -0.1) is 0 Å². The summed E-state index contributed by atoms with van der Waals surface area (Å²) in [4.78, 5) is -0.000684. The third-order valence-electron chi connectivity index (χ3n) is 3.18. The Hall–Kier alpha value is -1.79. The minimum absolute atomic E-state index is 0.000684. The van der Waals surface area contributed by atoms with Crippen molar-refractivity contribution in [3.8, 4) is 0 Å². The second kappa shape index (κ2) is 5.54. The van der Waals surface area contributed by atoms with E-state index in [0.29, 0.717) is 5.56 Å². The van der Waals surface area contributed by atoms with Crippen LogP contribution in [0, 0.1) is 12.7 Å². The van der Waals surface area contributed by atoms with Crippen LogP contribution in [0.25, 0.3) is 0 Å². The summed E-state index contributed by atoms with van der Waals surface area (Å²) in [7, 11) is -2.53. The van der Waals surface area contributed by atoms with Gasteiger partial charge in [-0.25, -0.2) is 12.8 Å². The number of rotatable bonds is 3. The van der Waals surface area contributed by atoms with E-state index in [1.165, 1.54) is 37.4 Å². The average molecular weight is 329 g/mol. The lowest BCUT2D eigenvalue weighted by Gasteiger charge is -2.21. The van der Waals surface area contributed by atoms with Crippen LogP contribution in [0.2, 0.25) is 5.02 Å². The Morgan fingerprint density at radius 1 is 1.24 bits per heavy atom. The third-order valence-corrected chi connectivity index (χ3v) is 5.31. The van der Waals surface area contributed by atoms with Gasteiger partial charge in [0, 0.05) is 17.8 Å². The van der Waals surface area contributed by atoms with Gasteiger partial charge in [-0.2, -0.15) is 0 Å². The van der Waals surface area contributed by atoms with E-state index < -0.39 is 15.8 Å². The van der Waals surface area contributed by atoms with Crippen LogP contribution >= 0.6 is 11.6 Å². The van der Waals surface area contributed by atoms with Crippen LogP contribution in [0.1, 0.15) is 5.56 Å². The van der Waals surface area contributed by atoms with Gasteiger partial charge in [0.25, 0.3) is 10.0 Å². The first-order chi connectivity index (χ1) is 9.73. The number of anilines is 2. The van der Waals surface area contributed by atoms with Crippen LogP contribution in [0.5, 0.6) is 0 Å². The molecular weight excluding hydrogens is 315 g/mol. The molecular formula is C14H14ClFN2O2S. The number of benzene rings is 2. The molecule has 0 aromatic heterocycles. The molecule has 0 fully saturated rings. The van der Waals surface area contributed by atoms with Gasteiger partial charge in [-0.3, -0.25) is 4.31 Å². The molecule has 2 aromatic carbocycles. The van der Waals surface area contributed by atoms with Gasteiger partial charge in [-0.05, 0) is 42.8 Å². The van der Waals surface area contributed by atoms with E-state index >= 15 is 0 Å². The third kappa shape index (κ3) is 2.96. The zero-order chi connectivity index (χ0) is 15.8. The largest absolute Gasteiger partial charge is 0.398 e. The minimum Gasteiger partial charge on any atom is -0.398 e. The molecule has 0 radical (unpaired) electrons. The maximum atomic E-state index is 13.3. The van der Waals surface area contributed by atoms with Crippen molar-refractivity contribution in [3.05, 3.63) is 52.8 Å². The van der Waals surface area contributed by atoms with E-state index in [1.54, 1.807) is 6.92 Å². The fourth-order valence-corrected chi connectivity index (χ4v) is 3.66. The Kier molecular flexibility index (Phi) is 4.11.